The van der Waals surface area contributed by atoms with E-state index >= 15 is 0 Å². The Balaban J connectivity index is 1.95. The molecule has 1 saturated heterocycles. The van der Waals surface area contributed by atoms with E-state index in [1.165, 1.54) is 12.0 Å². The van der Waals surface area contributed by atoms with Crippen molar-refractivity contribution in [1.29, 1.82) is 0 Å². The van der Waals surface area contributed by atoms with Crippen LogP contribution >= 0.6 is 0 Å². The van der Waals surface area contributed by atoms with Crippen molar-refractivity contribution in [2.45, 2.75) is 39.1 Å². The van der Waals surface area contributed by atoms with Crippen molar-refractivity contribution in [3.8, 4) is 0 Å². The first kappa shape index (κ1) is 22.1. The van der Waals surface area contributed by atoms with Gasteiger partial charge in [0.15, 0.2) is 0 Å². The van der Waals surface area contributed by atoms with Crippen LogP contribution in [0.1, 0.15) is 26.3 Å². The normalized spacial score (nSPS) is 20.5. The molecule has 30 heavy (non-hydrogen) atoms. The highest BCUT2D eigenvalue weighted by atomic mass is 16.6. The molecule has 0 bridgehead atoms. The summed E-state index contributed by atoms with van der Waals surface area (Å²) in [4.78, 5) is 31.2. The van der Waals surface area contributed by atoms with Crippen molar-refractivity contribution in [3.05, 3.63) is 47.8 Å². The molecule has 1 aromatic rings. The van der Waals surface area contributed by atoms with Gasteiger partial charge in [0.1, 0.15) is 17.5 Å². The van der Waals surface area contributed by atoms with Crippen LogP contribution in [0.3, 0.4) is 0 Å². The van der Waals surface area contributed by atoms with Gasteiger partial charge < -0.3 is 19.1 Å². The fourth-order valence-corrected chi connectivity index (χ4v) is 3.58. The lowest BCUT2D eigenvalue weighted by Gasteiger charge is -2.46. The number of carbonyl (C=O) groups is 2. The van der Waals surface area contributed by atoms with E-state index < -0.39 is 17.7 Å². The summed E-state index contributed by atoms with van der Waals surface area (Å²) in [7, 11) is 1.31. The highest BCUT2D eigenvalue weighted by Gasteiger charge is 2.39. The molecule has 8 nitrogen and oxygen atoms in total. The number of benzene rings is 1. The number of ether oxygens (including phenoxy) is 3. The molecule has 1 fully saturated rings. The zero-order valence-electron chi connectivity index (χ0n) is 18.2. The van der Waals surface area contributed by atoms with E-state index in [2.05, 4.69) is 9.80 Å². The van der Waals surface area contributed by atoms with Crippen molar-refractivity contribution < 1.29 is 23.8 Å². The van der Waals surface area contributed by atoms with Gasteiger partial charge in [-0.3, -0.25) is 9.80 Å². The maximum absolute atomic E-state index is 12.9. The molecule has 1 aromatic carbocycles. The molecule has 1 amide bonds. The van der Waals surface area contributed by atoms with Crippen molar-refractivity contribution in [1.82, 2.24) is 14.7 Å². The SMILES string of the molecule is COC(=O)C1=CN(Cc2ccccc2)C(N2CCOCC2)CN1C(=O)OC(C)(C)C. The average molecular weight is 418 g/mol. The van der Waals surface area contributed by atoms with Crippen LogP contribution in [0, 0.1) is 0 Å². The third-order valence-electron chi connectivity index (χ3n) is 4.99. The van der Waals surface area contributed by atoms with Gasteiger partial charge in [-0.05, 0) is 26.3 Å². The number of amides is 1. The summed E-state index contributed by atoms with van der Waals surface area (Å²) in [5.41, 5.74) is 0.614. The van der Waals surface area contributed by atoms with Crippen molar-refractivity contribution >= 4 is 12.1 Å². The van der Waals surface area contributed by atoms with Gasteiger partial charge in [0.2, 0.25) is 0 Å². The summed E-state index contributed by atoms with van der Waals surface area (Å²) in [6.45, 7) is 9.07. The largest absolute Gasteiger partial charge is 0.464 e. The number of morpholine rings is 1. The zero-order valence-corrected chi connectivity index (χ0v) is 18.2. The Morgan fingerprint density at radius 3 is 2.40 bits per heavy atom. The van der Waals surface area contributed by atoms with E-state index in [1.54, 1.807) is 27.0 Å². The van der Waals surface area contributed by atoms with E-state index in [-0.39, 0.29) is 11.9 Å². The van der Waals surface area contributed by atoms with Crippen LogP contribution < -0.4 is 0 Å². The lowest BCUT2D eigenvalue weighted by atomic mass is 10.1. The zero-order chi connectivity index (χ0) is 21.7. The van der Waals surface area contributed by atoms with Crippen LogP contribution in [0.4, 0.5) is 4.79 Å². The van der Waals surface area contributed by atoms with E-state index in [4.69, 9.17) is 14.2 Å². The fourth-order valence-electron chi connectivity index (χ4n) is 3.58. The molecular formula is C22H31N3O5. The van der Waals surface area contributed by atoms with Crippen molar-refractivity contribution in [3.63, 3.8) is 0 Å². The van der Waals surface area contributed by atoms with Gasteiger partial charge in [-0.2, -0.15) is 0 Å². The molecule has 3 rings (SSSR count). The smallest absolute Gasteiger partial charge is 0.415 e. The fraction of sp³-hybridized carbons (Fsp3) is 0.545. The molecule has 0 radical (unpaired) electrons. The minimum absolute atomic E-state index is 0.116. The lowest BCUT2D eigenvalue weighted by molar-refractivity contribution is -0.139. The van der Waals surface area contributed by atoms with Gasteiger partial charge in [0.25, 0.3) is 0 Å². The number of carbonyl (C=O) groups excluding carboxylic acids is 2. The highest BCUT2D eigenvalue weighted by molar-refractivity contribution is 5.92. The predicted molar refractivity (Wildman–Crippen MR) is 111 cm³/mol. The van der Waals surface area contributed by atoms with Crippen LogP contribution in [-0.2, 0) is 25.5 Å². The second kappa shape index (κ2) is 9.49. The number of nitrogens with zero attached hydrogens (tertiary/aromatic N) is 3. The van der Waals surface area contributed by atoms with Gasteiger partial charge in [-0.1, -0.05) is 30.3 Å². The Bertz CT molecular complexity index is 769. The second-order valence-electron chi connectivity index (χ2n) is 8.38. The molecule has 164 valence electrons. The Morgan fingerprint density at radius 2 is 1.80 bits per heavy atom. The highest BCUT2D eigenvalue weighted by Crippen LogP contribution is 2.26. The van der Waals surface area contributed by atoms with Gasteiger partial charge in [0, 0.05) is 25.8 Å². The maximum Gasteiger partial charge on any atom is 0.415 e. The van der Waals surface area contributed by atoms with Crippen LogP contribution in [0.15, 0.2) is 42.2 Å². The third kappa shape index (κ3) is 5.52. The summed E-state index contributed by atoms with van der Waals surface area (Å²) in [6, 6.07) is 10.0. The number of hydrogen-bond donors (Lipinski definition) is 0. The van der Waals surface area contributed by atoms with Crippen LogP contribution in [0.2, 0.25) is 0 Å². The Labute approximate surface area is 178 Å². The first-order chi connectivity index (χ1) is 14.3. The summed E-state index contributed by atoms with van der Waals surface area (Å²) in [5.74, 6) is -0.570. The van der Waals surface area contributed by atoms with Gasteiger partial charge >= 0.3 is 12.1 Å². The molecule has 2 aliphatic rings. The van der Waals surface area contributed by atoms with Crippen LogP contribution in [0.5, 0.6) is 0 Å². The van der Waals surface area contributed by atoms with Crippen molar-refractivity contribution in [2.75, 3.05) is 40.0 Å². The van der Waals surface area contributed by atoms with Gasteiger partial charge in [-0.25, -0.2) is 9.59 Å². The molecule has 1 unspecified atom stereocenters. The lowest BCUT2D eigenvalue weighted by Crippen LogP contribution is -2.59. The molecule has 0 aliphatic carbocycles. The van der Waals surface area contributed by atoms with E-state index in [0.29, 0.717) is 26.3 Å². The number of esters is 1. The van der Waals surface area contributed by atoms with E-state index in [0.717, 1.165) is 18.7 Å². The van der Waals surface area contributed by atoms with E-state index in [1.807, 2.05) is 30.3 Å². The number of rotatable bonds is 4. The third-order valence-corrected chi connectivity index (χ3v) is 4.99. The first-order valence-electron chi connectivity index (χ1n) is 10.2. The summed E-state index contributed by atoms with van der Waals surface area (Å²) < 4.78 is 16.0. The molecule has 1 atom stereocenters. The minimum Gasteiger partial charge on any atom is -0.464 e. The Morgan fingerprint density at radius 1 is 1.13 bits per heavy atom. The monoisotopic (exact) mass is 417 g/mol. The Kier molecular flexibility index (Phi) is 6.99. The molecule has 0 aromatic heterocycles. The van der Waals surface area contributed by atoms with Crippen LogP contribution in [-0.4, -0.2) is 78.5 Å². The number of hydrogen-bond acceptors (Lipinski definition) is 7. The maximum atomic E-state index is 12.9. The molecule has 2 aliphatic heterocycles. The second-order valence-corrected chi connectivity index (χ2v) is 8.38. The van der Waals surface area contributed by atoms with E-state index in [9.17, 15) is 9.59 Å². The average Bonchev–Trinajstić information content (AvgIpc) is 2.73. The molecular weight excluding hydrogens is 386 g/mol. The summed E-state index contributed by atoms with van der Waals surface area (Å²) in [6.07, 6.45) is 1.04. The summed E-state index contributed by atoms with van der Waals surface area (Å²) in [5, 5.41) is 0. The minimum atomic E-state index is -0.673. The van der Waals surface area contributed by atoms with Gasteiger partial charge in [0.05, 0.1) is 26.9 Å². The van der Waals surface area contributed by atoms with Gasteiger partial charge in [-0.15, -0.1) is 0 Å². The molecule has 0 saturated carbocycles. The molecule has 8 heteroatoms. The molecule has 0 N–H and O–H groups in total. The molecule has 0 spiro atoms. The predicted octanol–water partition coefficient (Wildman–Crippen LogP) is 2.41. The summed E-state index contributed by atoms with van der Waals surface area (Å²) >= 11 is 0. The number of methoxy groups -OCH3 is 1. The van der Waals surface area contributed by atoms with Crippen molar-refractivity contribution in [2.24, 2.45) is 0 Å². The quantitative estimate of drug-likeness (QED) is 0.697. The first-order valence-corrected chi connectivity index (χ1v) is 10.2. The topological polar surface area (TPSA) is 71.6 Å². The standard InChI is InChI=1S/C22H31N3O5/c1-22(2,3)30-21(27)25-16-19(23-10-12-29-13-11-23)24(15-18(25)20(26)28-4)14-17-8-6-5-7-9-17/h5-9,15,19H,10-14,16H2,1-4H3. The Hall–Kier alpha value is -2.58. The van der Waals surface area contributed by atoms with Crippen LogP contribution in [0.25, 0.3) is 0 Å². The molecule has 2 heterocycles.